The average molecular weight is 440 g/mol. The number of nitrogens with zero attached hydrogens (tertiary/aromatic N) is 1. The fourth-order valence-corrected chi connectivity index (χ4v) is 2.64. The van der Waals surface area contributed by atoms with Crippen LogP contribution >= 0.6 is 35.6 Å². The maximum Gasteiger partial charge on any atom is 0.191 e. The van der Waals surface area contributed by atoms with Gasteiger partial charge in [-0.05, 0) is 36.5 Å². The molecule has 0 spiro atoms. The van der Waals surface area contributed by atoms with Crippen LogP contribution in [0.5, 0.6) is 0 Å². The molecule has 0 unspecified atom stereocenters. The highest BCUT2D eigenvalue weighted by atomic mass is 127. The Morgan fingerprint density at radius 1 is 1.36 bits per heavy atom. The van der Waals surface area contributed by atoms with Crippen LogP contribution in [0.4, 0.5) is 4.39 Å². The summed E-state index contributed by atoms with van der Waals surface area (Å²) in [5.41, 5.74) is 0.706. The van der Waals surface area contributed by atoms with Crippen molar-refractivity contribution in [3.63, 3.8) is 0 Å². The molecule has 0 saturated heterocycles. The molecule has 0 aliphatic heterocycles. The Balaban J connectivity index is 0.00000242. The van der Waals surface area contributed by atoms with Crippen molar-refractivity contribution in [3.8, 4) is 0 Å². The highest BCUT2D eigenvalue weighted by Crippen LogP contribution is 2.30. The average Bonchev–Trinajstić information content (AvgIpc) is 3.22. The summed E-state index contributed by atoms with van der Waals surface area (Å²) in [5, 5.41) is 7.11. The van der Waals surface area contributed by atoms with Crippen molar-refractivity contribution in [1.29, 1.82) is 0 Å². The molecule has 1 saturated carbocycles. The minimum Gasteiger partial charge on any atom is -0.356 e. The van der Waals surface area contributed by atoms with Crippen molar-refractivity contribution in [2.75, 3.05) is 20.1 Å². The zero-order valence-corrected chi connectivity index (χ0v) is 16.3. The summed E-state index contributed by atoms with van der Waals surface area (Å²) in [7, 11) is 1.76. The van der Waals surface area contributed by atoms with Crippen molar-refractivity contribution in [3.05, 3.63) is 34.6 Å². The summed E-state index contributed by atoms with van der Waals surface area (Å²) >= 11 is 6.16. The van der Waals surface area contributed by atoms with Crippen LogP contribution in [0.3, 0.4) is 0 Å². The van der Waals surface area contributed by atoms with E-state index in [1.807, 2.05) is 0 Å². The fraction of sp³-hybridized carbons (Fsp3) is 0.562. The number of hydrogen-bond acceptors (Lipinski definition) is 1. The monoisotopic (exact) mass is 439 g/mol. The molecule has 1 aromatic rings. The van der Waals surface area contributed by atoms with Crippen molar-refractivity contribution in [2.45, 2.75) is 32.1 Å². The lowest BCUT2D eigenvalue weighted by atomic mass is 9.84. The molecule has 1 fully saturated rings. The van der Waals surface area contributed by atoms with Gasteiger partial charge in [0.2, 0.25) is 0 Å². The summed E-state index contributed by atoms with van der Waals surface area (Å²) in [4.78, 5) is 4.22. The van der Waals surface area contributed by atoms with Crippen molar-refractivity contribution >= 4 is 41.5 Å². The number of nitrogens with one attached hydrogen (secondary N) is 2. The van der Waals surface area contributed by atoms with Crippen molar-refractivity contribution in [1.82, 2.24) is 10.6 Å². The largest absolute Gasteiger partial charge is 0.356 e. The molecule has 6 heteroatoms. The molecule has 0 aromatic heterocycles. The number of halogens is 3. The van der Waals surface area contributed by atoms with Gasteiger partial charge in [0, 0.05) is 30.6 Å². The molecule has 0 bridgehead atoms. The number of benzene rings is 1. The number of rotatable bonds is 5. The maximum absolute atomic E-state index is 13.2. The highest BCUT2D eigenvalue weighted by Gasteiger charge is 2.25. The number of aliphatic imine (C=N–C) groups is 1. The zero-order valence-electron chi connectivity index (χ0n) is 13.2. The predicted molar refractivity (Wildman–Crippen MR) is 102 cm³/mol. The first kappa shape index (κ1) is 19.5. The number of hydrogen-bond donors (Lipinski definition) is 2. The van der Waals surface area contributed by atoms with E-state index in [2.05, 4.69) is 29.5 Å². The lowest BCUT2D eigenvalue weighted by molar-refractivity contribution is 0.506. The second-order valence-electron chi connectivity index (χ2n) is 6.26. The van der Waals surface area contributed by atoms with Gasteiger partial charge in [0.1, 0.15) is 5.82 Å². The standard InChI is InChI=1S/C16H23ClFN3.HI/c1-16(2,13-7-6-12(18)8-14(13)17)10-21-15(19-3)20-9-11-4-5-11;/h6-8,11H,4-5,9-10H2,1-3H3,(H2,19,20,21);1H. The Kier molecular flexibility index (Phi) is 7.38. The Morgan fingerprint density at radius 2 is 2.05 bits per heavy atom. The van der Waals surface area contributed by atoms with Gasteiger partial charge in [0.15, 0.2) is 5.96 Å². The van der Waals surface area contributed by atoms with Gasteiger partial charge in [-0.25, -0.2) is 4.39 Å². The van der Waals surface area contributed by atoms with E-state index >= 15 is 0 Å². The fourth-order valence-electron chi connectivity index (χ4n) is 2.22. The van der Waals surface area contributed by atoms with E-state index in [1.165, 1.54) is 25.0 Å². The van der Waals surface area contributed by atoms with Gasteiger partial charge in [0.25, 0.3) is 0 Å². The van der Waals surface area contributed by atoms with Crippen LogP contribution in [0.2, 0.25) is 5.02 Å². The zero-order chi connectivity index (χ0) is 15.5. The Hall–Kier alpha value is -0.560. The summed E-state index contributed by atoms with van der Waals surface area (Å²) in [6.45, 7) is 5.79. The Bertz CT molecular complexity index is 530. The van der Waals surface area contributed by atoms with E-state index in [1.54, 1.807) is 13.1 Å². The number of guanidine groups is 1. The molecular weight excluding hydrogens is 416 g/mol. The normalized spacial score (nSPS) is 15.2. The second-order valence-corrected chi connectivity index (χ2v) is 6.67. The third kappa shape index (κ3) is 5.57. The maximum atomic E-state index is 13.2. The van der Waals surface area contributed by atoms with E-state index < -0.39 is 0 Å². The first-order chi connectivity index (χ1) is 9.92. The molecule has 2 N–H and O–H groups in total. The lowest BCUT2D eigenvalue weighted by Gasteiger charge is -2.27. The molecule has 124 valence electrons. The molecule has 3 nitrogen and oxygen atoms in total. The summed E-state index contributed by atoms with van der Waals surface area (Å²) in [5.74, 6) is 1.28. The molecule has 1 aliphatic rings. The van der Waals surface area contributed by atoms with Crippen LogP contribution < -0.4 is 10.6 Å². The van der Waals surface area contributed by atoms with E-state index in [0.717, 1.165) is 24.0 Å². The molecule has 0 amide bonds. The van der Waals surface area contributed by atoms with Gasteiger partial charge in [-0.1, -0.05) is 31.5 Å². The van der Waals surface area contributed by atoms with Crippen LogP contribution in [-0.4, -0.2) is 26.1 Å². The first-order valence-electron chi connectivity index (χ1n) is 7.32. The SMILES string of the molecule is CN=C(NCC1CC1)NCC(C)(C)c1ccc(F)cc1Cl.I. The molecule has 2 rings (SSSR count). The van der Waals surface area contributed by atoms with Crippen molar-refractivity contribution < 1.29 is 4.39 Å². The van der Waals surface area contributed by atoms with Gasteiger partial charge in [-0.3, -0.25) is 4.99 Å². The summed E-state index contributed by atoms with van der Waals surface area (Å²) in [6.07, 6.45) is 2.61. The third-order valence-electron chi connectivity index (χ3n) is 3.84. The molecule has 1 aliphatic carbocycles. The van der Waals surface area contributed by atoms with E-state index in [-0.39, 0.29) is 35.2 Å². The lowest BCUT2D eigenvalue weighted by Crippen LogP contribution is -2.44. The van der Waals surface area contributed by atoms with Gasteiger partial charge < -0.3 is 10.6 Å². The van der Waals surface area contributed by atoms with Crippen LogP contribution in [0.15, 0.2) is 23.2 Å². The first-order valence-corrected chi connectivity index (χ1v) is 7.70. The molecule has 0 heterocycles. The highest BCUT2D eigenvalue weighted by molar-refractivity contribution is 14.0. The van der Waals surface area contributed by atoms with Gasteiger partial charge >= 0.3 is 0 Å². The molecule has 22 heavy (non-hydrogen) atoms. The van der Waals surface area contributed by atoms with Gasteiger partial charge in [0.05, 0.1) is 0 Å². The smallest absolute Gasteiger partial charge is 0.191 e. The third-order valence-corrected chi connectivity index (χ3v) is 4.15. The topological polar surface area (TPSA) is 36.4 Å². The summed E-state index contributed by atoms with van der Waals surface area (Å²) < 4.78 is 13.2. The molecule has 1 aromatic carbocycles. The van der Waals surface area contributed by atoms with Crippen LogP contribution in [-0.2, 0) is 5.41 Å². The Labute approximate surface area is 154 Å². The van der Waals surface area contributed by atoms with Crippen LogP contribution in [0.25, 0.3) is 0 Å². The van der Waals surface area contributed by atoms with Crippen LogP contribution in [0, 0.1) is 11.7 Å². The van der Waals surface area contributed by atoms with Crippen LogP contribution in [0.1, 0.15) is 32.3 Å². The molecule has 0 atom stereocenters. The Morgan fingerprint density at radius 3 is 2.59 bits per heavy atom. The van der Waals surface area contributed by atoms with Gasteiger partial charge in [-0.2, -0.15) is 0 Å². The molecular formula is C16H24ClFIN3. The predicted octanol–water partition coefficient (Wildman–Crippen LogP) is 3.95. The van der Waals surface area contributed by atoms with Gasteiger partial charge in [-0.15, -0.1) is 24.0 Å². The summed E-state index contributed by atoms with van der Waals surface area (Å²) in [6, 6.07) is 4.56. The van der Waals surface area contributed by atoms with E-state index in [0.29, 0.717) is 11.6 Å². The quantitative estimate of drug-likeness (QED) is 0.414. The minimum absolute atomic E-state index is 0. The van der Waals surface area contributed by atoms with E-state index in [9.17, 15) is 4.39 Å². The van der Waals surface area contributed by atoms with E-state index in [4.69, 9.17) is 11.6 Å². The second kappa shape index (κ2) is 8.34. The molecule has 0 radical (unpaired) electrons. The minimum atomic E-state index is -0.311. The van der Waals surface area contributed by atoms with Crippen molar-refractivity contribution in [2.24, 2.45) is 10.9 Å².